The summed E-state index contributed by atoms with van der Waals surface area (Å²) >= 11 is 0. The van der Waals surface area contributed by atoms with Gasteiger partial charge in [-0.15, -0.1) is 0 Å². The van der Waals surface area contributed by atoms with Crippen molar-refractivity contribution in [3.05, 3.63) is 23.8 Å². The van der Waals surface area contributed by atoms with E-state index in [1.807, 2.05) is 0 Å². The van der Waals surface area contributed by atoms with Crippen LogP contribution >= 0.6 is 0 Å². The van der Waals surface area contributed by atoms with Gasteiger partial charge in [0.2, 0.25) is 0 Å². The summed E-state index contributed by atoms with van der Waals surface area (Å²) in [6.07, 6.45) is 5.97. The Balaban J connectivity index is 2.39. The summed E-state index contributed by atoms with van der Waals surface area (Å²) in [5.41, 5.74) is 7.61. The minimum atomic E-state index is -0.906. The van der Waals surface area contributed by atoms with Crippen LogP contribution in [-0.4, -0.2) is 23.7 Å². The molecule has 1 aliphatic rings. The molecule has 0 heterocycles. The van der Waals surface area contributed by atoms with E-state index in [0.717, 1.165) is 19.4 Å². The van der Waals surface area contributed by atoms with Crippen LogP contribution in [0.15, 0.2) is 18.2 Å². The van der Waals surface area contributed by atoms with Crippen molar-refractivity contribution in [1.82, 2.24) is 0 Å². The molecular formula is C15H22N2O2. The summed E-state index contributed by atoms with van der Waals surface area (Å²) in [4.78, 5) is 13.6. The monoisotopic (exact) mass is 262 g/mol. The Morgan fingerprint density at radius 3 is 2.63 bits per heavy atom. The topological polar surface area (TPSA) is 66.6 Å². The van der Waals surface area contributed by atoms with Gasteiger partial charge in [-0.25, -0.2) is 4.79 Å². The average molecular weight is 262 g/mol. The number of nitrogens with zero attached hydrogens (tertiary/aromatic N) is 1. The summed E-state index contributed by atoms with van der Waals surface area (Å²) < 4.78 is 0. The molecule has 1 aromatic carbocycles. The average Bonchev–Trinajstić information content (AvgIpc) is 2.42. The van der Waals surface area contributed by atoms with Gasteiger partial charge in [0.1, 0.15) is 0 Å². The SMILES string of the molecule is CCN(c1c(N)cccc1C(=O)O)C1CCCCC1. The second-order valence-corrected chi connectivity index (χ2v) is 5.13. The first-order valence-electron chi connectivity index (χ1n) is 7.03. The fourth-order valence-electron chi connectivity index (χ4n) is 3.05. The van der Waals surface area contributed by atoms with Crippen LogP contribution in [0.5, 0.6) is 0 Å². The van der Waals surface area contributed by atoms with E-state index < -0.39 is 5.97 Å². The third kappa shape index (κ3) is 2.83. The normalized spacial score (nSPS) is 16.3. The van der Waals surface area contributed by atoms with Crippen molar-refractivity contribution in [1.29, 1.82) is 0 Å². The van der Waals surface area contributed by atoms with Crippen molar-refractivity contribution in [3.8, 4) is 0 Å². The number of nitrogens with two attached hydrogens (primary N) is 1. The van der Waals surface area contributed by atoms with Crippen molar-refractivity contribution in [2.45, 2.75) is 45.1 Å². The highest BCUT2D eigenvalue weighted by Gasteiger charge is 2.25. The van der Waals surface area contributed by atoms with Crippen LogP contribution in [0.4, 0.5) is 11.4 Å². The lowest BCUT2D eigenvalue weighted by Crippen LogP contribution is -2.38. The van der Waals surface area contributed by atoms with Crippen LogP contribution in [0, 0.1) is 0 Å². The number of carboxylic acid groups (broad SMARTS) is 1. The zero-order valence-electron chi connectivity index (χ0n) is 11.4. The number of hydrogen-bond acceptors (Lipinski definition) is 3. The van der Waals surface area contributed by atoms with E-state index in [1.54, 1.807) is 18.2 Å². The number of hydrogen-bond donors (Lipinski definition) is 2. The minimum Gasteiger partial charge on any atom is -0.478 e. The van der Waals surface area contributed by atoms with E-state index >= 15 is 0 Å². The molecule has 0 unspecified atom stereocenters. The van der Waals surface area contributed by atoms with Gasteiger partial charge in [-0.3, -0.25) is 0 Å². The van der Waals surface area contributed by atoms with Crippen molar-refractivity contribution in [3.63, 3.8) is 0 Å². The van der Waals surface area contributed by atoms with Crippen LogP contribution < -0.4 is 10.6 Å². The zero-order valence-corrected chi connectivity index (χ0v) is 11.4. The number of benzene rings is 1. The molecule has 1 saturated carbocycles. The summed E-state index contributed by atoms with van der Waals surface area (Å²) in [5.74, 6) is -0.906. The molecule has 0 aromatic heterocycles. The quantitative estimate of drug-likeness (QED) is 0.818. The van der Waals surface area contributed by atoms with Crippen LogP contribution in [0.25, 0.3) is 0 Å². The fraction of sp³-hybridized carbons (Fsp3) is 0.533. The Morgan fingerprint density at radius 1 is 1.37 bits per heavy atom. The number of rotatable bonds is 4. The van der Waals surface area contributed by atoms with Crippen molar-refractivity contribution < 1.29 is 9.90 Å². The third-order valence-corrected chi connectivity index (χ3v) is 3.94. The fourth-order valence-corrected chi connectivity index (χ4v) is 3.05. The van der Waals surface area contributed by atoms with Gasteiger partial charge < -0.3 is 15.7 Å². The Morgan fingerprint density at radius 2 is 2.05 bits per heavy atom. The lowest BCUT2D eigenvalue weighted by Gasteiger charge is -2.36. The van der Waals surface area contributed by atoms with E-state index in [1.165, 1.54) is 19.3 Å². The van der Waals surface area contributed by atoms with E-state index in [4.69, 9.17) is 5.73 Å². The number of carboxylic acids is 1. The molecule has 2 rings (SSSR count). The summed E-state index contributed by atoms with van der Waals surface area (Å²) in [6.45, 7) is 2.85. The van der Waals surface area contributed by atoms with Gasteiger partial charge in [-0.1, -0.05) is 25.3 Å². The molecule has 19 heavy (non-hydrogen) atoms. The number of carbonyl (C=O) groups is 1. The van der Waals surface area contributed by atoms with E-state index in [-0.39, 0.29) is 0 Å². The van der Waals surface area contributed by atoms with Crippen molar-refractivity contribution >= 4 is 17.3 Å². The zero-order chi connectivity index (χ0) is 13.8. The molecule has 104 valence electrons. The molecule has 0 saturated heterocycles. The first kappa shape index (κ1) is 13.7. The molecule has 0 spiro atoms. The molecule has 1 aliphatic carbocycles. The predicted octanol–water partition coefficient (Wildman–Crippen LogP) is 3.13. The maximum absolute atomic E-state index is 11.4. The van der Waals surface area contributed by atoms with Crippen molar-refractivity contribution in [2.75, 3.05) is 17.2 Å². The van der Waals surface area contributed by atoms with Gasteiger partial charge in [0.05, 0.1) is 16.9 Å². The molecule has 3 N–H and O–H groups in total. The third-order valence-electron chi connectivity index (χ3n) is 3.94. The van der Waals surface area contributed by atoms with Crippen LogP contribution in [0.2, 0.25) is 0 Å². The minimum absolute atomic E-state index is 0.312. The Bertz CT molecular complexity index is 453. The molecule has 0 radical (unpaired) electrons. The second kappa shape index (κ2) is 5.95. The first-order chi connectivity index (χ1) is 9.15. The lowest BCUT2D eigenvalue weighted by molar-refractivity contribution is 0.0697. The number of anilines is 2. The highest BCUT2D eigenvalue weighted by atomic mass is 16.4. The molecule has 0 atom stereocenters. The van der Waals surface area contributed by atoms with E-state index in [2.05, 4.69) is 11.8 Å². The van der Waals surface area contributed by atoms with E-state index in [9.17, 15) is 9.90 Å². The summed E-state index contributed by atoms with van der Waals surface area (Å²) in [7, 11) is 0. The number of para-hydroxylation sites is 1. The molecule has 0 bridgehead atoms. The molecule has 0 amide bonds. The van der Waals surface area contributed by atoms with Gasteiger partial charge >= 0.3 is 5.97 Å². The van der Waals surface area contributed by atoms with Gasteiger partial charge in [-0.2, -0.15) is 0 Å². The standard InChI is InChI=1S/C15H22N2O2/c1-2-17(11-7-4-3-5-8-11)14-12(15(18)19)9-6-10-13(14)16/h6,9-11H,2-5,7-8,16H2,1H3,(H,18,19). The maximum atomic E-state index is 11.4. The van der Waals surface area contributed by atoms with Crippen LogP contribution in [-0.2, 0) is 0 Å². The van der Waals surface area contributed by atoms with Crippen LogP contribution in [0.3, 0.4) is 0 Å². The largest absolute Gasteiger partial charge is 0.478 e. The molecule has 0 aliphatic heterocycles. The van der Waals surface area contributed by atoms with Crippen molar-refractivity contribution in [2.24, 2.45) is 0 Å². The highest BCUT2D eigenvalue weighted by molar-refractivity contribution is 5.98. The van der Waals surface area contributed by atoms with Gasteiger partial charge in [0.25, 0.3) is 0 Å². The van der Waals surface area contributed by atoms with Gasteiger partial charge in [-0.05, 0) is 31.9 Å². The summed E-state index contributed by atoms with van der Waals surface area (Å²) in [5, 5.41) is 9.35. The molecular weight excluding hydrogens is 240 g/mol. The highest BCUT2D eigenvalue weighted by Crippen LogP contribution is 2.33. The molecule has 1 aromatic rings. The van der Waals surface area contributed by atoms with Crippen LogP contribution in [0.1, 0.15) is 49.4 Å². The molecule has 4 heteroatoms. The first-order valence-corrected chi connectivity index (χ1v) is 7.03. The Hall–Kier alpha value is -1.71. The maximum Gasteiger partial charge on any atom is 0.337 e. The van der Waals surface area contributed by atoms with E-state index in [0.29, 0.717) is 23.0 Å². The Kier molecular flexibility index (Phi) is 4.30. The molecule has 4 nitrogen and oxygen atoms in total. The van der Waals surface area contributed by atoms with Gasteiger partial charge in [0, 0.05) is 12.6 Å². The smallest absolute Gasteiger partial charge is 0.337 e. The van der Waals surface area contributed by atoms with Gasteiger partial charge in [0.15, 0.2) is 0 Å². The second-order valence-electron chi connectivity index (χ2n) is 5.13. The summed E-state index contributed by atoms with van der Waals surface area (Å²) in [6, 6.07) is 5.55. The predicted molar refractivity (Wildman–Crippen MR) is 77.7 cm³/mol. The molecule has 1 fully saturated rings. The number of nitrogen functional groups attached to an aromatic ring is 1. The lowest BCUT2D eigenvalue weighted by atomic mass is 9.93. The Labute approximate surface area is 114 Å². The number of aromatic carboxylic acids is 1.